The highest BCUT2D eigenvalue weighted by molar-refractivity contribution is 6.32. The molecule has 100 valence electrons. The van der Waals surface area contributed by atoms with Gasteiger partial charge >= 0.3 is 0 Å². The maximum atomic E-state index is 6.11. The molecular weight excluding hydrogens is 246 g/mol. The highest BCUT2D eigenvalue weighted by Crippen LogP contribution is 2.36. The fraction of sp³-hybridized carbons (Fsp3) is 0.600. The van der Waals surface area contributed by atoms with Crippen molar-refractivity contribution in [3.63, 3.8) is 0 Å². The Hall–Kier alpha value is -0.730. The van der Waals surface area contributed by atoms with Gasteiger partial charge in [0.15, 0.2) is 0 Å². The molecule has 0 spiro atoms. The first-order valence-corrected chi connectivity index (χ1v) is 7.19. The molecule has 0 bridgehead atoms. The summed E-state index contributed by atoms with van der Waals surface area (Å²) in [6, 6.07) is 6.16. The van der Waals surface area contributed by atoms with Crippen LogP contribution in [0.3, 0.4) is 0 Å². The number of hydrogen-bond acceptors (Lipinski definition) is 2. The molecule has 0 saturated carbocycles. The van der Waals surface area contributed by atoms with Crippen LogP contribution in [0.1, 0.15) is 44.6 Å². The van der Waals surface area contributed by atoms with Crippen LogP contribution in [0.2, 0.25) is 5.02 Å². The summed E-state index contributed by atoms with van der Waals surface area (Å²) in [5.74, 6) is 0.771. The van der Waals surface area contributed by atoms with E-state index in [4.69, 9.17) is 16.3 Å². The van der Waals surface area contributed by atoms with Gasteiger partial charge in [-0.3, -0.25) is 0 Å². The molecule has 1 heterocycles. The van der Waals surface area contributed by atoms with E-state index in [1.165, 1.54) is 31.2 Å². The molecule has 1 N–H and O–H groups in total. The van der Waals surface area contributed by atoms with Gasteiger partial charge in [-0.1, -0.05) is 37.4 Å². The molecule has 1 fully saturated rings. The van der Waals surface area contributed by atoms with Crippen molar-refractivity contribution in [2.24, 2.45) is 0 Å². The first-order valence-electron chi connectivity index (χ1n) is 6.81. The first kappa shape index (κ1) is 13.7. The maximum Gasteiger partial charge on any atom is 0.137 e. The van der Waals surface area contributed by atoms with Gasteiger partial charge in [-0.15, -0.1) is 0 Å². The van der Waals surface area contributed by atoms with Gasteiger partial charge in [0.1, 0.15) is 5.75 Å². The molecule has 0 radical (unpaired) electrons. The van der Waals surface area contributed by atoms with Crippen LogP contribution in [0.15, 0.2) is 18.2 Å². The van der Waals surface area contributed by atoms with Gasteiger partial charge in [0.25, 0.3) is 0 Å². The zero-order chi connectivity index (χ0) is 13.0. The summed E-state index contributed by atoms with van der Waals surface area (Å²) in [5.41, 5.74) is 1.39. The lowest BCUT2D eigenvalue weighted by Crippen LogP contribution is -2.41. The van der Waals surface area contributed by atoms with E-state index >= 15 is 0 Å². The minimum Gasteiger partial charge on any atom is -0.495 e. The van der Waals surface area contributed by atoms with Crippen LogP contribution in [0, 0.1) is 0 Å². The third kappa shape index (κ3) is 2.65. The van der Waals surface area contributed by atoms with Crippen LogP contribution in [-0.2, 0) is 5.54 Å². The Kier molecular flexibility index (Phi) is 4.52. The third-order valence-electron chi connectivity index (χ3n) is 4.05. The van der Waals surface area contributed by atoms with Crippen molar-refractivity contribution in [3.8, 4) is 5.75 Å². The number of hydrogen-bond donors (Lipinski definition) is 1. The van der Waals surface area contributed by atoms with Gasteiger partial charge in [-0.25, -0.2) is 0 Å². The summed E-state index contributed by atoms with van der Waals surface area (Å²) < 4.78 is 5.34. The average molecular weight is 268 g/mol. The Morgan fingerprint density at radius 1 is 1.33 bits per heavy atom. The van der Waals surface area contributed by atoms with Crippen LogP contribution in [0.5, 0.6) is 5.75 Å². The van der Waals surface area contributed by atoms with Crippen LogP contribution in [0.25, 0.3) is 0 Å². The number of ether oxygens (including phenoxy) is 1. The van der Waals surface area contributed by atoms with E-state index in [0.29, 0.717) is 5.02 Å². The molecule has 0 amide bonds. The van der Waals surface area contributed by atoms with Crippen LogP contribution in [-0.4, -0.2) is 13.7 Å². The van der Waals surface area contributed by atoms with E-state index in [1.807, 2.05) is 6.07 Å². The Balaban J connectivity index is 2.36. The minimum absolute atomic E-state index is 0.0916. The molecule has 1 aromatic carbocycles. The lowest BCUT2D eigenvalue weighted by Gasteiger charge is -2.34. The second-order valence-electron chi connectivity index (χ2n) is 5.02. The lowest BCUT2D eigenvalue weighted by atomic mass is 9.83. The monoisotopic (exact) mass is 267 g/mol. The first-order chi connectivity index (χ1) is 8.72. The van der Waals surface area contributed by atoms with Crippen molar-refractivity contribution in [3.05, 3.63) is 28.8 Å². The van der Waals surface area contributed by atoms with Gasteiger partial charge in [-0.2, -0.15) is 0 Å². The summed E-state index contributed by atoms with van der Waals surface area (Å²) in [4.78, 5) is 0. The Morgan fingerprint density at radius 2 is 2.17 bits per heavy atom. The van der Waals surface area contributed by atoms with E-state index in [2.05, 4.69) is 24.4 Å². The van der Waals surface area contributed by atoms with E-state index < -0.39 is 0 Å². The Bertz CT molecular complexity index is 397. The van der Waals surface area contributed by atoms with E-state index in [0.717, 1.165) is 18.7 Å². The molecule has 2 nitrogen and oxygen atoms in total. The highest BCUT2D eigenvalue weighted by Gasteiger charge is 2.31. The number of benzene rings is 1. The zero-order valence-electron chi connectivity index (χ0n) is 11.3. The Labute approximate surface area is 115 Å². The Morgan fingerprint density at radius 3 is 2.89 bits per heavy atom. The van der Waals surface area contributed by atoms with Crippen LogP contribution < -0.4 is 10.1 Å². The van der Waals surface area contributed by atoms with Crippen molar-refractivity contribution in [1.82, 2.24) is 5.32 Å². The number of nitrogens with one attached hydrogen (secondary N) is 1. The lowest BCUT2D eigenvalue weighted by molar-refractivity contribution is 0.310. The topological polar surface area (TPSA) is 21.3 Å². The molecule has 0 aromatic heterocycles. The second kappa shape index (κ2) is 5.94. The fourth-order valence-electron chi connectivity index (χ4n) is 2.85. The highest BCUT2D eigenvalue weighted by atomic mass is 35.5. The molecule has 1 aliphatic rings. The summed E-state index contributed by atoms with van der Waals surface area (Å²) in [6.07, 6.45) is 6.16. The van der Waals surface area contributed by atoms with Gasteiger partial charge in [0.05, 0.1) is 12.1 Å². The van der Waals surface area contributed by atoms with Gasteiger partial charge in [0, 0.05) is 5.54 Å². The van der Waals surface area contributed by atoms with E-state index in [-0.39, 0.29) is 5.54 Å². The number of methoxy groups -OCH3 is 1. The molecule has 1 saturated heterocycles. The fourth-order valence-corrected chi connectivity index (χ4v) is 3.05. The normalized spacial score (nSPS) is 24.6. The van der Waals surface area contributed by atoms with Crippen molar-refractivity contribution in [2.75, 3.05) is 13.7 Å². The summed E-state index contributed by atoms with van der Waals surface area (Å²) in [5, 5.41) is 4.41. The number of halogens is 1. The van der Waals surface area contributed by atoms with Crippen LogP contribution in [0.4, 0.5) is 0 Å². The SMILES string of the molecule is CCC1(c2ccc(Cl)c(OC)c2)CCCCCN1. The molecule has 0 aliphatic carbocycles. The molecule has 3 heteroatoms. The zero-order valence-corrected chi connectivity index (χ0v) is 12.0. The van der Waals surface area contributed by atoms with Gasteiger partial charge in [-0.05, 0) is 43.5 Å². The van der Waals surface area contributed by atoms with Gasteiger partial charge < -0.3 is 10.1 Å². The summed E-state index contributed by atoms with van der Waals surface area (Å²) in [7, 11) is 1.67. The van der Waals surface area contributed by atoms with Gasteiger partial charge in [0.2, 0.25) is 0 Å². The average Bonchev–Trinajstić information content (AvgIpc) is 2.65. The molecule has 1 aromatic rings. The molecule has 1 aliphatic heterocycles. The number of rotatable bonds is 3. The molecule has 1 unspecified atom stereocenters. The second-order valence-corrected chi connectivity index (χ2v) is 5.43. The third-order valence-corrected chi connectivity index (χ3v) is 4.36. The van der Waals surface area contributed by atoms with E-state index in [9.17, 15) is 0 Å². The summed E-state index contributed by atoms with van der Waals surface area (Å²) in [6.45, 7) is 3.35. The molecular formula is C15H22ClNO. The van der Waals surface area contributed by atoms with Crippen molar-refractivity contribution in [1.29, 1.82) is 0 Å². The van der Waals surface area contributed by atoms with Crippen molar-refractivity contribution in [2.45, 2.75) is 44.6 Å². The predicted octanol–water partition coefficient (Wildman–Crippen LogP) is 4.12. The quantitative estimate of drug-likeness (QED) is 0.890. The van der Waals surface area contributed by atoms with E-state index in [1.54, 1.807) is 7.11 Å². The largest absolute Gasteiger partial charge is 0.495 e. The minimum atomic E-state index is 0.0916. The van der Waals surface area contributed by atoms with Crippen molar-refractivity contribution >= 4 is 11.6 Å². The molecule has 18 heavy (non-hydrogen) atoms. The predicted molar refractivity (Wildman–Crippen MR) is 76.4 cm³/mol. The standard InChI is InChI=1S/C15H22ClNO/c1-3-15(9-5-4-6-10-17-15)12-7-8-13(16)14(11-12)18-2/h7-8,11,17H,3-6,9-10H2,1-2H3. The molecule has 1 atom stereocenters. The van der Waals surface area contributed by atoms with Crippen LogP contribution >= 0.6 is 11.6 Å². The smallest absolute Gasteiger partial charge is 0.137 e. The molecule has 2 rings (SSSR count). The maximum absolute atomic E-state index is 6.11. The van der Waals surface area contributed by atoms with Crippen molar-refractivity contribution < 1.29 is 4.74 Å². The summed E-state index contributed by atoms with van der Waals surface area (Å²) >= 11 is 6.11.